The third-order valence-electron chi connectivity index (χ3n) is 4.57. The molecule has 1 atom stereocenters. The third-order valence-corrected chi connectivity index (χ3v) is 4.57. The molecule has 0 heterocycles. The fourth-order valence-electron chi connectivity index (χ4n) is 2.88. The predicted molar refractivity (Wildman–Crippen MR) is 60.6 cm³/mol. The number of halogens is 6. The summed E-state index contributed by atoms with van der Waals surface area (Å²) in [6.45, 7) is 1.37. The van der Waals surface area contributed by atoms with E-state index in [-0.39, 0.29) is 12.3 Å². The zero-order valence-corrected chi connectivity index (χ0v) is 11.2. The lowest BCUT2D eigenvalue weighted by Crippen LogP contribution is -2.52. The maximum absolute atomic E-state index is 12.9. The van der Waals surface area contributed by atoms with Crippen LogP contribution in [0.15, 0.2) is 0 Å². The van der Waals surface area contributed by atoms with Gasteiger partial charge >= 0.3 is 12.4 Å². The summed E-state index contributed by atoms with van der Waals surface area (Å²) < 4.78 is 77.3. The van der Waals surface area contributed by atoms with Crippen molar-refractivity contribution in [3.05, 3.63) is 0 Å². The van der Waals surface area contributed by atoms with Crippen molar-refractivity contribution < 1.29 is 26.3 Å². The van der Waals surface area contributed by atoms with Crippen molar-refractivity contribution in [2.45, 2.75) is 64.7 Å². The van der Waals surface area contributed by atoms with E-state index in [1.54, 1.807) is 0 Å². The Kier molecular flexibility index (Phi) is 4.84. The predicted octanol–water partition coefficient (Wildman–Crippen LogP) is 5.72. The fraction of sp³-hybridized carbons (Fsp3) is 1.00. The monoisotopic (exact) mass is 290 g/mol. The molecule has 1 aliphatic rings. The first-order valence-corrected chi connectivity index (χ1v) is 6.63. The molecule has 0 saturated heterocycles. The number of hydrogen-bond donors (Lipinski definition) is 0. The Morgan fingerprint density at radius 1 is 0.895 bits per heavy atom. The summed E-state index contributed by atoms with van der Waals surface area (Å²) in [6.07, 6.45) is -6.20. The highest BCUT2D eigenvalue weighted by atomic mass is 19.4. The van der Waals surface area contributed by atoms with Crippen molar-refractivity contribution in [2.24, 2.45) is 17.3 Å². The lowest BCUT2D eigenvalue weighted by molar-refractivity contribution is -0.351. The molecule has 0 nitrogen and oxygen atoms in total. The van der Waals surface area contributed by atoms with E-state index in [4.69, 9.17) is 0 Å². The first-order valence-electron chi connectivity index (χ1n) is 6.63. The summed E-state index contributed by atoms with van der Waals surface area (Å²) in [5.74, 6) is -1.46. The van der Waals surface area contributed by atoms with Crippen LogP contribution < -0.4 is 0 Å². The topological polar surface area (TPSA) is 0 Å². The zero-order chi connectivity index (χ0) is 14.9. The van der Waals surface area contributed by atoms with E-state index >= 15 is 0 Å². The van der Waals surface area contributed by atoms with Crippen LogP contribution >= 0.6 is 0 Å². The van der Waals surface area contributed by atoms with E-state index in [1.165, 1.54) is 0 Å². The molecule has 6 heteroatoms. The smallest absolute Gasteiger partial charge is 0.170 e. The normalized spacial score (nSPS) is 21.5. The molecule has 19 heavy (non-hydrogen) atoms. The van der Waals surface area contributed by atoms with E-state index in [2.05, 4.69) is 0 Å². The summed E-state index contributed by atoms with van der Waals surface area (Å²) in [7, 11) is 0. The second-order valence-electron chi connectivity index (χ2n) is 5.84. The van der Waals surface area contributed by atoms with E-state index in [9.17, 15) is 26.3 Å². The van der Waals surface area contributed by atoms with Gasteiger partial charge in [0.2, 0.25) is 0 Å². The van der Waals surface area contributed by atoms with E-state index < -0.39 is 23.7 Å². The summed E-state index contributed by atoms with van der Waals surface area (Å²) in [5, 5.41) is 0. The van der Waals surface area contributed by atoms with Gasteiger partial charge in [0.1, 0.15) is 0 Å². The van der Waals surface area contributed by atoms with Gasteiger partial charge in [0, 0.05) is 0 Å². The molecule has 0 amide bonds. The molecule has 1 saturated carbocycles. The van der Waals surface area contributed by atoms with Crippen molar-refractivity contribution in [1.82, 2.24) is 0 Å². The Bertz CT molecular complexity index is 270. The van der Waals surface area contributed by atoms with Crippen LogP contribution in [0.4, 0.5) is 26.3 Å². The van der Waals surface area contributed by atoms with E-state index in [1.807, 2.05) is 0 Å². The van der Waals surface area contributed by atoms with Crippen molar-refractivity contribution in [1.29, 1.82) is 0 Å². The second-order valence-corrected chi connectivity index (χ2v) is 5.84. The van der Waals surface area contributed by atoms with Gasteiger partial charge in [0.15, 0.2) is 5.41 Å². The molecule has 0 bridgehead atoms. The molecule has 0 aromatic rings. The van der Waals surface area contributed by atoms with Gasteiger partial charge in [-0.2, -0.15) is 26.3 Å². The largest absolute Gasteiger partial charge is 0.403 e. The first kappa shape index (κ1) is 16.6. The van der Waals surface area contributed by atoms with Gasteiger partial charge in [-0.3, -0.25) is 0 Å². The summed E-state index contributed by atoms with van der Waals surface area (Å²) >= 11 is 0. The Morgan fingerprint density at radius 3 is 1.68 bits per heavy atom. The van der Waals surface area contributed by atoms with Gasteiger partial charge in [-0.25, -0.2) is 0 Å². The van der Waals surface area contributed by atoms with E-state index in [0.29, 0.717) is 6.92 Å². The molecule has 0 spiro atoms. The summed E-state index contributed by atoms with van der Waals surface area (Å²) in [4.78, 5) is 0. The Labute approximate surface area is 109 Å². The highest BCUT2D eigenvalue weighted by Crippen LogP contribution is 2.56. The van der Waals surface area contributed by atoms with Crippen LogP contribution in [0, 0.1) is 17.3 Å². The van der Waals surface area contributed by atoms with Gasteiger partial charge in [0.25, 0.3) is 0 Å². The quantitative estimate of drug-likeness (QED) is 0.583. The van der Waals surface area contributed by atoms with Gasteiger partial charge in [-0.1, -0.05) is 39.0 Å². The van der Waals surface area contributed by atoms with Gasteiger partial charge in [0.05, 0.1) is 0 Å². The molecule has 0 aromatic carbocycles. The molecule has 1 rings (SSSR count). The zero-order valence-electron chi connectivity index (χ0n) is 11.2. The Morgan fingerprint density at radius 2 is 1.32 bits per heavy atom. The molecule has 0 aliphatic heterocycles. The van der Waals surface area contributed by atoms with Crippen LogP contribution in [-0.2, 0) is 0 Å². The molecule has 0 aromatic heterocycles. The van der Waals surface area contributed by atoms with Crippen molar-refractivity contribution >= 4 is 0 Å². The molecule has 0 N–H and O–H groups in total. The molecule has 0 unspecified atom stereocenters. The van der Waals surface area contributed by atoms with Gasteiger partial charge < -0.3 is 0 Å². The lowest BCUT2D eigenvalue weighted by atomic mass is 9.70. The second kappa shape index (κ2) is 5.52. The van der Waals surface area contributed by atoms with Gasteiger partial charge in [-0.15, -0.1) is 0 Å². The molecular formula is C13H20F6. The number of hydrogen-bond acceptors (Lipinski definition) is 0. The number of rotatable bonds is 3. The van der Waals surface area contributed by atoms with Crippen LogP contribution in [0.1, 0.15) is 52.4 Å². The van der Waals surface area contributed by atoms with Crippen LogP contribution in [0.5, 0.6) is 0 Å². The van der Waals surface area contributed by atoms with Crippen molar-refractivity contribution in [2.75, 3.05) is 0 Å². The molecule has 114 valence electrons. The number of alkyl halides is 6. The maximum Gasteiger partial charge on any atom is 0.403 e. The van der Waals surface area contributed by atoms with Crippen LogP contribution in [0.2, 0.25) is 0 Å². The Hall–Kier alpha value is -0.420. The molecule has 1 aliphatic carbocycles. The minimum absolute atomic E-state index is 0.00444. The average Bonchev–Trinajstić information content (AvgIpc) is 2.26. The highest BCUT2D eigenvalue weighted by Gasteiger charge is 2.69. The standard InChI is InChI=1S/C13H20F6/c1-9(8-10-6-4-3-5-7-10)11(2,12(14,15)16)13(17,18)19/h9-10H,3-8H2,1-2H3/t9-/m0/s1. The molecule has 0 radical (unpaired) electrons. The lowest BCUT2D eigenvalue weighted by Gasteiger charge is -2.40. The minimum atomic E-state index is -5.26. The van der Waals surface area contributed by atoms with Crippen LogP contribution in [0.3, 0.4) is 0 Å². The SMILES string of the molecule is C[C@@H](CC1CCCCC1)C(C)(C(F)(F)F)C(F)(F)F. The van der Waals surface area contributed by atoms with Crippen molar-refractivity contribution in [3.63, 3.8) is 0 Å². The minimum Gasteiger partial charge on any atom is -0.170 e. The van der Waals surface area contributed by atoms with Crippen LogP contribution in [-0.4, -0.2) is 12.4 Å². The first-order chi connectivity index (χ1) is 8.50. The van der Waals surface area contributed by atoms with Crippen molar-refractivity contribution in [3.8, 4) is 0 Å². The van der Waals surface area contributed by atoms with Gasteiger partial charge in [-0.05, 0) is 25.2 Å². The van der Waals surface area contributed by atoms with E-state index in [0.717, 1.165) is 39.0 Å². The summed E-state index contributed by atoms with van der Waals surface area (Å²) in [5.41, 5.74) is -3.61. The Balaban J connectivity index is 2.86. The van der Waals surface area contributed by atoms with Crippen LogP contribution in [0.25, 0.3) is 0 Å². The maximum atomic E-state index is 12.9. The average molecular weight is 290 g/mol. The molecule has 1 fully saturated rings. The fourth-order valence-corrected chi connectivity index (χ4v) is 2.88. The summed E-state index contributed by atoms with van der Waals surface area (Å²) in [6, 6.07) is 0. The highest BCUT2D eigenvalue weighted by molar-refractivity contribution is 4.94. The molecular weight excluding hydrogens is 270 g/mol. The third kappa shape index (κ3) is 3.37.